The lowest BCUT2D eigenvalue weighted by Crippen LogP contribution is -2.27. The third-order valence-corrected chi connectivity index (χ3v) is 7.29. The molecule has 10 heteroatoms. The third-order valence-electron chi connectivity index (χ3n) is 7.29. The topological polar surface area (TPSA) is 113 Å². The standard InChI is InChI=1S/C31H35N7O3/c1-5-6-11-29-34-38(19-21(2)27-18-24(40-3)16-17-28(27)41-4)31(39)37(29)20-22-12-14-23(15-13-22)25-9-7-8-10-26(25)30-32-35-36-33-30/h7-10,12-18,21H,5-6,11,19-20H2,1-4H3,(H,32,33,35,36). The Kier molecular flexibility index (Phi) is 8.57. The van der Waals surface area contributed by atoms with Crippen LogP contribution in [0.3, 0.4) is 0 Å². The Bertz CT molecular complexity index is 1640. The number of rotatable bonds is 12. The molecule has 2 heterocycles. The average molecular weight is 554 g/mol. The van der Waals surface area contributed by atoms with E-state index in [1.54, 1.807) is 23.5 Å². The Labute approximate surface area is 239 Å². The molecule has 41 heavy (non-hydrogen) atoms. The number of aryl methyl sites for hydroxylation is 1. The molecule has 1 atom stereocenters. The second kappa shape index (κ2) is 12.6. The van der Waals surface area contributed by atoms with E-state index in [-0.39, 0.29) is 11.6 Å². The summed E-state index contributed by atoms with van der Waals surface area (Å²) in [4.78, 5) is 13.7. The van der Waals surface area contributed by atoms with E-state index < -0.39 is 0 Å². The van der Waals surface area contributed by atoms with Crippen molar-refractivity contribution in [3.8, 4) is 34.0 Å². The molecule has 0 aliphatic rings. The summed E-state index contributed by atoms with van der Waals surface area (Å²) >= 11 is 0. The van der Waals surface area contributed by atoms with Crippen molar-refractivity contribution in [3.63, 3.8) is 0 Å². The summed E-state index contributed by atoms with van der Waals surface area (Å²) in [6.45, 7) is 5.09. The molecule has 0 spiro atoms. The van der Waals surface area contributed by atoms with E-state index in [2.05, 4.69) is 58.7 Å². The molecule has 5 rings (SSSR count). The van der Waals surface area contributed by atoms with E-state index >= 15 is 0 Å². The second-order valence-electron chi connectivity index (χ2n) is 10.1. The van der Waals surface area contributed by atoms with Crippen LogP contribution in [0.1, 0.15) is 49.6 Å². The molecule has 0 aliphatic carbocycles. The fourth-order valence-electron chi connectivity index (χ4n) is 5.04. The molecule has 0 saturated carbocycles. The van der Waals surface area contributed by atoms with Crippen LogP contribution in [0.25, 0.3) is 22.5 Å². The molecule has 10 nitrogen and oxygen atoms in total. The number of H-pyrrole nitrogens is 1. The third kappa shape index (κ3) is 6.06. The molecule has 0 fully saturated rings. The van der Waals surface area contributed by atoms with Gasteiger partial charge < -0.3 is 9.47 Å². The minimum Gasteiger partial charge on any atom is -0.497 e. The number of unbranched alkanes of at least 4 members (excludes halogenated alkanes) is 1. The van der Waals surface area contributed by atoms with Gasteiger partial charge in [0.2, 0.25) is 5.82 Å². The molecule has 0 amide bonds. The second-order valence-corrected chi connectivity index (χ2v) is 10.1. The van der Waals surface area contributed by atoms with E-state index in [1.165, 1.54) is 0 Å². The number of ether oxygens (including phenoxy) is 2. The summed E-state index contributed by atoms with van der Waals surface area (Å²) < 4.78 is 14.4. The highest BCUT2D eigenvalue weighted by Gasteiger charge is 2.19. The molecule has 0 aliphatic heterocycles. The largest absolute Gasteiger partial charge is 0.497 e. The number of nitrogens with zero attached hydrogens (tertiary/aromatic N) is 6. The van der Waals surface area contributed by atoms with Crippen molar-refractivity contribution in [1.82, 2.24) is 35.0 Å². The predicted octanol–water partition coefficient (Wildman–Crippen LogP) is 5.10. The van der Waals surface area contributed by atoms with Gasteiger partial charge in [0.15, 0.2) is 0 Å². The fraction of sp³-hybridized carbons (Fsp3) is 0.323. The first kappa shape index (κ1) is 27.8. The SMILES string of the molecule is CCCCc1nn(CC(C)c2cc(OC)ccc2OC)c(=O)n1Cc1ccc(-c2ccccc2-c2nn[nH]n2)cc1. The van der Waals surface area contributed by atoms with Gasteiger partial charge in [-0.25, -0.2) is 9.48 Å². The van der Waals surface area contributed by atoms with Gasteiger partial charge in [0.25, 0.3) is 0 Å². The zero-order valence-corrected chi connectivity index (χ0v) is 23.9. The Balaban J connectivity index is 1.41. The highest BCUT2D eigenvalue weighted by Crippen LogP contribution is 2.32. The van der Waals surface area contributed by atoms with Crippen molar-refractivity contribution >= 4 is 0 Å². The molecule has 3 aromatic carbocycles. The maximum Gasteiger partial charge on any atom is 0.346 e. The first-order chi connectivity index (χ1) is 20.0. The van der Waals surface area contributed by atoms with Crippen molar-refractivity contribution in [1.29, 1.82) is 0 Å². The quantitative estimate of drug-likeness (QED) is 0.229. The number of hydrogen-bond donors (Lipinski definition) is 1. The van der Waals surface area contributed by atoms with Gasteiger partial charge in [-0.1, -0.05) is 68.8 Å². The molecular formula is C31H35N7O3. The van der Waals surface area contributed by atoms with Crippen molar-refractivity contribution in [2.24, 2.45) is 0 Å². The number of tetrazole rings is 1. The molecular weight excluding hydrogens is 518 g/mol. The summed E-state index contributed by atoms with van der Waals surface area (Å²) in [5.41, 5.74) is 4.82. The van der Waals surface area contributed by atoms with Gasteiger partial charge in [-0.05, 0) is 46.5 Å². The molecule has 1 N–H and O–H groups in total. The summed E-state index contributed by atoms with van der Waals surface area (Å²) in [5.74, 6) is 2.84. The smallest absolute Gasteiger partial charge is 0.346 e. The van der Waals surface area contributed by atoms with Crippen LogP contribution < -0.4 is 15.2 Å². The highest BCUT2D eigenvalue weighted by atomic mass is 16.5. The highest BCUT2D eigenvalue weighted by molar-refractivity contribution is 5.80. The first-order valence-corrected chi connectivity index (χ1v) is 13.8. The van der Waals surface area contributed by atoms with Gasteiger partial charge in [0.1, 0.15) is 17.3 Å². The Morgan fingerprint density at radius 2 is 1.76 bits per heavy atom. The number of aromatic nitrogens is 7. The minimum absolute atomic E-state index is 0.0151. The van der Waals surface area contributed by atoms with E-state index in [0.29, 0.717) is 18.9 Å². The molecule has 212 valence electrons. The van der Waals surface area contributed by atoms with Crippen LogP contribution in [0, 0.1) is 0 Å². The van der Waals surface area contributed by atoms with E-state index in [9.17, 15) is 4.79 Å². The molecule has 0 saturated heterocycles. The van der Waals surface area contributed by atoms with E-state index in [0.717, 1.165) is 64.4 Å². The van der Waals surface area contributed by atoms with Crippen molar-refractivity contribution in [2.45, 2.75) is 52.1 Å². The Morgan fingerprint density at radius 1 is 0.976 bits per heavy atom. The molecule has 5 aromatic rings. The maximum absolute atomic E-state index is 13.7. The lowest BCUT2D eigenvalue weighted by molar-refractivity contribution is 0.391. The van der Waals surface area contributed by atoms with Gasteiger partial charge in [-0.3, -0.25) is 4.57 Å². The molecule has 1 unspecified atom stereocenters. The minimum atomic E-state index is -0.114. The first-order valence-electron chi connectivity index (χ1n) is 13.8. The summed E-state index contributed by atoms with van der Waals surface area (Å²) in [5, 5.41) is 19.3. The molecule has 0 bridgehead atoms. The van der Waals surface area contributed by atoms with Crippen LogP contribution in [-0.4, -0.2) is 49.2 Å². The van der Waals surface area contributed by atoms with Crippen molar-refractivity contribution in [3.05, 3.63) is 94.2 Å². The number of nitrogens with one attached hydrogen (secondary N) is 1. The average Bonchev–Trinajstić information content (AvgIpc) is 3.65. The Morgan fingerprint density at radius 3 is 2.44 bits per heavy atom. The van der Waals surface area contributed by atoms with Gasteiger partial charge >= 0.3 is 5.69 Å². The number of benzene rings is 3. The van der Waals surface area contributed by atoms with Crippen LogP contribution in [0.5, 0.6) is 11.5 Å². The fourth-order valence-corrected chi connectivity index (χ4v) is 5.04. The maximum atomic E-state index is 13.7. The van der Waals surface area contributed by atoms with E-state index in [4.69, 9.17) is 14.6 Å². The monoisotopic (exact) mass is 553 g/mol. The lowest BCUT2D eigenvalue weighted by Gasteiger charge is -2.16. The molecule has 2 aromatic heterocycles. The summed E-state index contributed by atoms with van der Waals surface area (Å²) in [6, 6.07) is 21.9. The van der Waals surface area contributed by atoms with Crippen LogP contribution in [0.4, 0.5) is 0 Å². The summed E-state index contributed by atoms with van der Waals surface area (Å²) in [6.07, 6.45) is 2.72. The molecule has 0 radical (unpaired) electrons. The zero-order valence-electron chi connectivity index (χ0n) is 23.9. The van der Waals surface area contributed by atoms with Gasteiger partial charge in [-0.15, -0.1) is 10.2 Å². The number of hydrogen-bond acceptors (Lipinski definition) is 7. The number of methoxy groups -OCH3 is 2. The van der Waals surface area contributed by atoms with Crippen molar-refractivity contribution < 1.29 is 9.47 Å². The van der Waals surface area contributed by atoms with E-state index in [1.807, 2.05) is 42.5 Å². The number of aromatic amines is 1. The zero-order chi connectivity index (χ0) is 28.8. The van der Waals surface area contributed by atoms with Crippen LogP contribution in [-0.2, 0) is 19.5 Å². The Hall–Kier alpha value is -4.73. The summed E-state index contributed by atoms with van der Waals surface area (Å²) in [7, 11) is 3.29. The van der Waals surface area contributed by atoms with Crippen LogP contribution in [0.2, 0.25) is 0 Å². The predicted molar refractivity (Wildman–Crippen MR) is 157 cm³/mol. The van der Waals surface area contributed by atoms with Crippen molar-refractivity contribution in [2.75, 3.05) is 14.2 Å². The normalized spacial score (nSPS) is 11.9. The van der Waals surface area contributed by atoms with Gasteiger partial charge in [0, 0.05) is 23.5 Å². The van der Waals surface area contributed by atoms with Crippen LogP contribution in [0.15, 0.2) is 71.5 Å². The lowest BCUT2D eigenvalue weighted by atomic mass is 9.98. The van der Waals surface area contributed by atoms with Crippen LogP contribution >= 0.6 is 0 Å². The van der Waals surface area contributed by atoms with Gasteiger partial charge in [-0.2, -0.15) is 10.3 Å². The van der Waals surface area contributed by atoms with Gasteiger partial charge in [0.05, 0.1) is 27.3 Å².